The molecular formula is C19H17N3O3. The van der Waals surface area contributed by atoms with Crippen molar-refractivity contribution in [2.45, 2.75) is 6.42 Å². The maximum atomic E-state index is 10.9. The van der Waals surface area contributed by atoms with E-state index in [1.165, 1.54) is 0 Å². The first kappa shape index (κ1) is 17.9. The minimum absolute atomic E-state index is 0.293. The van der Waals surface area contributed by atoms with Gasteiger partial charge in [0.2, 0.25) is 0 Å². The Labute approximate surface area is 146 Å². The number of nitriles is 1. The maximum Gasteiger partial charge on any atom is 0.330 e. The van der Waals surface area contributed by atoms with Crippen LogP contribution in [0.25, 0.3) is 0 Å². The van der Waals surface area contributed by atoms with E-state index < -0.39 is 5.97 Å². The fraction of sp³-hybridized carbons (Fsp3) is 0.158. The number of nitrogens with zero attached hydrogens (tertiary/aromatic N) is 3. The molecule has 0 radical (unpaired) electrons. The Morgan fingerprint density at radius 2 is 1.64 bits per heavy atom. The van der Waals surface area contributed by atoms with Gasteiger partial charge in [0.25, 0.3) is 0 Å². The Balaban J connectivity index is 1.79. The van der Waals surface area contributed by atoms with Crippen molar-refractivity contribution in [3.05, 3.63) is 66.7 Å². The highest BCUT2D eigenvalue weighted by Crippen LogP contribution is 2.21. The van der Waals surface area contributed by atoms with E-state index in [4.69, 9.17) is 14.7 Å². The summed E-state index contributed by atoms with van der Waals surface area (Å²) in [6.45, 7) is 4.06. The standard InChI is InChI=1S/C19H17N3O3/c1-2-19(23)25-13-3-12-24-18-10-8-17(9-11-18)22-21-16-6-4-15(14-20)5-7-16/h2,4-11H,1,3,12-13H2. The van der Waals surface area contributed by atoms with Crippen LogP contribution in [-0.4, -0.2) is 19.2 Å². The van der Waals surface area contributed by atoms with Crippen molar-refractivity contribution in [2.24, 2.45) is 10.2 Å². The second-order valence-corrected chi connectivity index (χ2v) is 4.93. The second-order valence-electron chi connectivity index (χ2n) is 4.93. The molecule has 6 heteroatoms. The molecule has 0 unspecified atom stereocenters. The summed E-state index contributed by atoms with van der Waals surface area (Å²) in [4.78, 5) is 10.9. The van der Waals surface area contributed by atoms with Crippen LogP contribution >= 0.6 is 0 Å². The van der Waals surface area contributed by atoms with Gasteiger partial charge in [0.15, 0.2) is 0 Å². The maximum absolute atomic E-state index is 10.9. The summed E-state index contributed by atoms with van der Waals surface area (Å²) in [5, 5.41) is 17.0. The van der Waals surface area contributed by atoms with Crippen LogP contribution in [0.5, 0.6) is 5.75 Å². The molecular weight excluding hydrogens is 318 g/mol. The van der Waals surface area contributed by atoms with E-state index in [1.54, 1.807) is 48.5 Å². The van der Waals surface area contributed by atoms with Crippen LogP contribution in [-0.2, 0) is 9.53 Å². The number of benzene rings is 2. The number of rotatable bonds is 8. The number of hydrogen-bond acceptors (Lipinski definition) is 6. The van der Waals surface area contributed by atoms with Crippen molar-refractivity contribution in [3.63, 3.8) is 0 Å². The Morgan fingerprint density at radius 3 is 2.20 bits per heavy atom. The van der Waals surface area contributed by atoms with Gasteiger partial charge in [0, 0.05) is 12.5 Å². The summed E-state index contributed by atoms with van der Waals surface area (Å²) in [5.74, 6) is 0.268. The van der Waals surface area contributed by atoms with Crippen LogP contribution < -0.4 is 4.74 Å². The first-order valence-electron chi connectivity index (χ1n) is 7.65. The molecule has 0 saturated heterocycles. The van der Waals surface area contributed by atoms with Gasteiger partial charge in [0.1, 0.15) is 5.75 Å². The average Bonchev–Trinajstić information content (AvgIpc) is 2.67. The van der Waals surface area contributed by atoms with Gasteiger partial charge < -0.3 is 9.47 Å². The normalized spacial score (nSPS) is 10.2. The molecule has 0 spiro atoms. The van der Waals surface area contributed by atoms with Gasteiger partial charge in [-0.3, -0.25) is 0 Å². The van der Waals surface area contributed by atoms with Gasteiger partial charge in [-0.1, -0.05) is 6.58 Å². The molecule has 126 valence electrons. The number of azo groups is 1. The lowest BCUT2D eigenvalue weighted by atomic mass is 10.2. The minimum Gasteiger partial charge on any atom is -0.493 e. The van der Waals surface area contributed by atoms with E-state index in [9.17, 15) is 4.79 Å². The smallest absolute Gasteiger partial charge is 0.330 e. The van der Waals surface area contributed by atoms with E-state index in [-0.39, 0.29) is 0 Å². The summed E-state index contributed by atoms with van der Waals surface area (Å²) in [6, 6.07) is 16.1. The van der Waals surface area contributed by atoms with E-state index >= 15 is 0 Å². The van der Waals surface area contributed by atoms with Crippen LogP contribution in [0.1, 0.15) is 12.0 Å². The van der Waals surface area contributed by atoms with Gasteiger partial charge in [0.05, 0.1) is 36.2 Å². The highest BCUT2D eigenvalue weighted by molar-refractivity contribution is 5.81. The largest absolute Gasteiger partial charge is 0.493 e. The Hall–Kier alpha value is -3.46. The first-order chi connectivity index (χ1) is 12.2. The lowest BCUT2D eigenvalue weighted by molar-refractivity contribution is -0.137. The molecule has 0 fully saturated rings. The average molecular weight is 335 g/mol. The molecule has 0 bridgehead atoms. The Kier molecular flexibility index (Phi) is 6.89. The van der Waals surface area contributed by atoms with E-state index in [2.05, 4.69) is 22.9 Å². The number of carbonyl (C=O) groups excluding carboxylic acids is 1. The predicted molar refractivity (Wildman–Crippen MR) is 93.0 cm³/mol. The molecule has 0 saturated carbocycles. The van der Waals surface area contributed by atoms with Gasteiger partial charge in [-0.25, -0.2) is 4.79 Å². The first-order valence-corrected chi connectivity index (χ1v) is 7.65. The highest BCUT2D eigenvalue weighted by atomic mass is 16.5. The van der Waals surface area contributed by atoms with Crippen LogP contribution in [0.4, 0.5) is 11.4 Å². The quantitative estimate of drug-likeness (QED) is 0.308. The third kappa shape index (κ3) is 6.28. The van der Waals surface area contributed by atoms with Crippen LogP contribution in [0.15, 0.2) is 71.4 Å². The van der Waals surface area contributed by atoms with E-state index in [0.717, 1.165) is 6.08 Å². The molecule has 0 N–H and O–H groups in total. The second kappa shape index (κ2) is 9.63. The van der Waals surface area contributed by atoms with Crippen molar-refractivity contribution in [1.82, 2.24) is 0 Å². The lowest BCUT2D eigenvalue weighted by Crippen LogP contribution is -2.06. The van der Waals surface area contributed by atoms with Gasteiger partial charge >= 0.3 is 5.97 Å². The number of hydrogen-bond donors (Lipinski definition) is 0. The summed E-state index contributed by atoms with van der Waals surface area (Å²) in [6.07, 6.45) is 1.73. The molecule has 0 aliphatic rings. The molecule has 0 amide bonds. The van der Waals surface area contributed by atoms with E-state index in [1.807, 2.05) is 0 Å². The SMILES string of the molecule is C=CC(=O)OCCCOc1ccc(N=Nc2ccc(C#N)cc2)cc1. The molecule has 2 aromatic rings. The molecule has 6 nitrogen and oxygen atoms in total. The van der Waals surface area contributed by atoms with Gasteiger partial charge in [-0.2, -0.15) is 15.5 Å². The van der Waals surface area contributed by atoms with Gasteiger partial charge in [-0.15, -0.1) is 0 Å². The third-order valence-electron chi connectivity index (χ3n) is 3.08. The molecule has 0 aromatic heterocycles. The van der Waals surface area contributed by atoms with Crippen LogP contribution in [0.3, 0.4) is 0 Å². The van der Waals surface area contributed by atoms with Crippen LogP contribution in [0.2, 0.25) is 0 Å². The van der Waals surface area contributed by atoms with Crippen molar-refractivity contribution >= 4 is 17.3 Å². The molecule has 2 rings (SSSR count). The Morgan fingerprint density at radius 1 is 1.04 bits per heavy atom. The summed E-state index contributed by atoms with van der Waals surface area (Å²) in [5.41, 5.74) is 1.95. The minimum atomic E-state index is -0.433. The van der Waals surface area contributed by atoms with Crippen LogP contribution in [0, 0.1) is 11.3 Å². The van der Waals surface area contributed by atoms with Crippen molar-refractivity contribution < 1.29 is 14.3 Å². The lowest BCUT2D eigenvalue weighted by Gasteiger charge is -2.06. The summed E-state index contributed by atoms with van der Waals surface area (Å²) in [7, 11) is 0. The highest BCUT2D eigenvalue weighted by Gasteiger charge is 1.98. The molecule has 0 atom stereocenters. The zero-order valence-corrected chi connectivity index (χ0v) is 13.6. The number of carbonyl (C=O) groups is 1. The Bertz CT molecular complexity index is 775. The van der Waals surface area contributed by atoms with Crippen molar-refractivity contribution in [1.29, 1.82) is 5.26 Å². The monoisotopic (exact) mass is 335 g/mol. The summed E-state index contributed by atoms with van der Waals surface area (Å²) >= 11 is 0. The molecule has 25 heavy (non-hydrogen) atoms. The fourth-order valence-electron chi connectivity index (χ4n) is 1.81. The number of ether oxygens (including phenoxy) is 2. The topological polar surface area (TPSA) is 84.0 Å². The molecule has 0 aliphatic heterocycles. The van der Waals surface area contributed by atoms with Crippen molar-refractivity contribution in [2.75, 3.05) is 13.2 Å². The zero-order valence-electron chi connectivity index (χ0n) is 13.6. The van der Waals surface area contributed by atoms with E-state index in [0.29, 0.717) is 42.3 Å². The molecule has 0 aliphatic carbocycles. The molecule has 0 heterocycles. The predicted octanol–water partition coefficient (Wildman–Crippen LogP) is 4.47. The number of esters is 1. The third-order valence-corrected chi connectivity index (χ3v) is 3.08. The molecule has 2 aromatic carbocycles. The van der Waals surface area contributed by atoms with Crippen molar-refractivity contribution in [3.8, 4) is 11.8 Å². The van der Waals surface area contributed by atoms with Gasteiger partial charge in [-0.05, 0) is 48.5 Å². The fourth-order valence-corrected chi connectivity index (χ4v) is 1.81. The zero-order chi connectivity index (χ0) is 17.9. The summed E-state index contributed by atoms with van der Waals surface area (Å²) < 4.78 is 10.4.